The van der Waals surface area contributed by atoms with E-state index in [1.54, 1.807) is 26.0 Å². The summed E-state index contributed by atoms with van der Waals surface area (Å²) in [5.74, 6) is -0.928. The van der Waals surface area contributed by atoms with Gasteiger partial charge in [-0.3, -0.25) is 0 Å². The molecule has 3 aromatic carbocycles. The number of aryl methyl sites for hydroxylation is 2. The smallest absolute Gasteiger partial charge is 0.338 e. The first-order valence-electron chi connectivity index (χ1n) is 13.0. The zero-order valence-corrected chi connectivity index (χ0v) is 23.0. The Balaban J connectivity index is 1.66. The lowest BCUT2D eigenvalue weighted by molar-refractivity contribution is -0.138. The largest absolute Gasteiger partial charge is 0.462 e. The Morgan fingerprint density at radius 1 is 0.850 bits per heavy atom. The maximum absolute atomic E-state index is 12.2. The molecule has 0 spiro atoms. The molecule has 3 aromatic rings. The van der Waals surface area contributed by atoms with Crippen LogP contribution in [0.2, 0.25) is 0 Å². The molecule has 6 heteroatoms. The van der Waals surface area contributed by atoms with Gasteiger partial charge >= 0.3 is 17.9 Å². The number of esters is 3. The van der Waals surface area contributed by atoms with Gasteiger partial charge in [0.2, 0.25) is 0 Å². The SMILES string of the molecule is C=CC(=O)OCC1CCc2ccc(-c3ccc(-c4cc(OC(=O)C(=C)C)cc(OC(=O)C(=C)C)c4)c(C)c3)cc21. The molecule has 1 aliphatic carbocycles. The lowest BCUT2D eigenvalue weighted by Gasteiger charge is -2.15. The molecule has 1 atom stereocenters. The molecule has 0 fully saturated rings. The van der Waals surface area contributed by atoms with Crippen molar-refractivity contribution in [3.63, 3.8) is 0 Å². The third-order valence-electron chi connectivity index (χ3n) is 6.81. The summed E-state index contributed by atoms with van der Waals surface area (Å²) in [6.07, 6.45) is 3.07. The molecular formula is C34H32O6. The van der Waals surface area contributed by atoms with Crippen molar-refractivity contribution in [2.45, 2.75) is 39.5 Å². The molecule has 0 saturated carbocycles. The number of rotatable bonds is 9. The molecule has 0 bridgehead atoms. The minimum atomic E-state index is -0.574. The lowest BCUT2D eigenvalue weighted by Crippen LogP contribution is -2.10. The van der Waals surface area contributed by atoms with Gasteiger partial charge in [0.1, 0.15) is 11.5 Å². The summed E-state index contributed by atoms with van der Waals surface area (Å²) >= 11 is 0. The first-order chi connectivity index (χ1) is 19.0. The van der Waals surface area contributed by atoms with Crippen LogP contribution in [-0.4, -0.2) is 24.5 Å². The molecule has 0 amide bonds. The zero-order valence-electron chi connectivity index (χ0n) is 23.0. The van der Waals surface area contributed by atoms with Crippen LogP contribution >= 0.6 is 0 Å². The minimum absolute atomic E-state index is 0.157. The molecule has 4 rings (SSSR count). The molecule has 0 saturated heterocycles. The lowest BCUT2D eigenvalue weighted by atomic mass is 9.93. The van der Waals surface area contributed by atoms with Crippen LogP contribution in [0.25, 0.3) is 22.3 Å². The summed E-state index contributed by atoms with van der Waals surface area (Å²) in [7, 11) is 0. The van der Waals surface area contributed by atoms with E-state index in [9.17, 15) is 14.4 Å². The maximum atomic E-state index is 12.2. The second-order valence-electron chi connectivity index (χ2n) is 10.0. The van der Waals surface area contributed by atoms with E-state index in [2.05, 4.69) is 44.0 Å². The van der Waals surface area contributed by atoms with Gasteiger partial charge in [-0.25, -0.2) is 14.4 Å². The van der Waals surface area contributed by atoms with E-state index < -0.39 is 17.9 Å². The van der Waals surface area contributed by atoms with Gasteiger partial charge in [-0.05, 0) is 84.7 Å². The van der Waals surface area contributed by atoms with E-state index in [-0.39, 0.29) is 28.6 Å². The Labute approximate surface area is 234 Å². The van der Waals surface area contributed by atoms with Crippen LogP contribution in [0.3, 0.4) is 0 Å². The first-order valence-corrected chi connectivity index (χ1v) is 13.0. The number of carbonyl (C=O) groups is 3. The Bertz CT molecular complexity index is 1500. The van der Waals surface area contributed by atoms with Gasteiger partial charge in [0.15, 0.2) is 0 Å². The average molecular weight is 537 g/mol. The summed E-state index contributed by atoms with van der Waals surface area (Å²) in [5, 5.41) is 0. The second kappa shape index (κ2) is 12.0. The van der Waals surface area contributed by atoms with Crippen LogP contribution in [0.5, 0.6) is 11.5 Å². The fourth-order valence-electron chi connectivity index (χ4n) is 4.68. The van der Waals surface area contributed by atoms with Crippen molar-refractivity contribution in [1.29, 1.82) is 0 Å². The summed E-state index contributed by atoms with van der Waals surface area (Å²) in [4.78, 5) is 35.9. The van der Waals surface area contributed by atoms with Crippen molar-refractivity contribution >= 4 is 17.9 Å². The third kappa shape index (κ3) is 6.46. The molecule has 40 heavy (non-hydrogen) atoms. The van der Waals surface area contributed by atoms with Crippen molar-refractivity contribution in [1.82, 2.24) is 0 Å². The fourth-order valence-corrected chi connectivity index (χ4v) is 4.68. The predicted molar refractivity (Wildman–Crippen MR) is 155 cm³/mol. The van der Waals surface area contributed by atoms with E-state index in [4.69, 9.17) is 14.2 Å². The average Bonchev–Trinajstić information content (AvgIpc) is 3.33. The number of benzene rings is 3. The van der Waals surface area contributed by atoms with Gasteiger partial charge in [0.25, 0.3) is 0 Å². The number of carbonyl (C=O) groups excluding carboxylic acids is 3. The van der Waals surface area contributed by atoms with Crippen molar-refractivity contribution in [2.75, 3.05) is 6.61 Å². The highest BCUT2D eigenvalue weighted by Gasteiger charge is 2.24. The van der Waals surface area contributed by atoms with E-state index in [0.717, 1.165) is 40.7 Å². The maximum Gasteiger partial charge on any atom is 0.338 e. The van der Waals surface area contributed by atoms with Gasteiger partial charge in [0.05, 0.1) is 6.61 Å². The molecule has 204 valence electrons. The van der Waals surface area contributed by atoms with Crippen LogP contribution in [-0.2, 0) is 25.5 Å². The second-order valence-corrected chi connectivity index (χ2v) is 10.0. The van der Waals surface area contributed by atoms with Gasteiger partial charge in [-0.2, -0.15) is 0 Å². The van der Waals surface area contributed by atoms with Crippen molar-refractivity contribution in [3.8, 4) is 33.8 Å². The monoisotopic (exact) mass is 536 g/mol. The van der Waals surface area contributed by atoms with Crippen LogP contribution in [0.1, 0.15) is 42.9 Å². The number of fused-ring (bicyclic) bond motifs is 1. The van der Waals surface area contributed by atoms with Crippen molar-refractivity contribution < 1.29 is 28.6 Å². The molecular weight excluding hydrogens is 504 g/mol. The van der Waals surface area contributed by atoms with Gasteiger partial charge in [-0.15, -0.1) is 0 Å². The van der Waals surface area contributed by atoms with Crippen molar-refractivity contribution in [3.05, 3.63) is 108 Å². The van der Waals surface area contributed by atoms with E-state index in [1.807, 2.05) is 19.1 Å². The summed E-state index contributed by atoms with van der Waals surface area (Å²) in [6.45, 7) is 16.2. The normalized spacial score (nSPS) is 13.6. The van der Waals surface area contributed by atoms with E-state index in [1.165, 1.54) is 23.3 Å². The van der Waals surface area contributed by atoms with Crippen LogP contribution in [0, 0.1) is 6.92 Å². The standard InChI is InChI=1S/C34H32O6/c1-7-32(35)38-19-26-11-9-23-8-10-25(17-31(23)26)24-12-13-30(22(6)14-24)27-15-28(39-33(36)20(2)3)18-29(16-27)40-34(37)21(4)5/h7-8,10,12-18,26H,1-2,4,9,11,19H2,3,5-6H3. The molecule has 0 heterocycles. The summed E-state index contributed by atoms with van der Waals surface area (Å²) < 4.78 is 16.2. The van der Waals surface area contributed by atoms with E-state index >= 15 is 0 Å². The minimum Gasteiger partial charge on any atom is -0.462 e. The molecule has 6 nitrogen and oxygen atoms in total. The molecule has 0 N–H and O–H groups in total. The summed E-state index contributed by atoms with van der Waals surface area (Å²) in [6, 6.07) is 17.5. The topological polar surface area (TPSA) is 78.9 Å². The Kier molecular flexibility index (Phi) is 8.49. The summed E-state index contributed by atoms with van der Waals surface area (Å²) in [5.41, 5.74) is 7.67. The van der Waals surface area contributed by atoms with Crippen LogP contribution in [0.15, 0.2) is 91.6 Å². The molecule has 1 unspecified atom stereocenters. The Morgan fingerprint density at radius 3 is 2.02 bits per heavy atom. The fraction of sp³-hybridized carbons (Fsp3) is 0.206. The molecule has 0 radical (unpaired) electrons. The Hall–Kier alpha value is -4.71. The van der Waals surface area contributed by atoms with Gasteiger partial charge in [0, 0.05) is 29.2 Å². The molecule has 1 aliphatic rings. The number of hydrogen-bond acceptors (Lipinski definition) is 6. The zero-order chi connectivity index (χ0) is 29.0. The Morgan fingerprint density at radius 2 is 1.45 bits per heavy atom. The highest BCUT2D eigenvalue weighted by molar-refractivity contribution is 5.90. The number of hydrogen-bond donors (Lipinski definition) is 0. The van der Waals surface area contributed by atoms with E-state index in [0.29, 0.717) is 6.61 Å². The third-order valence-corrected chi connectivity index (χ3v) is 6.81. The quantitative estimate of drug-likeness (QED) is 0.166. The van der Waals surface area contributed by atoms with Crippen LogP contribution < -0.4 is 9.47 Å². The molecule has 0 aliphatic heterocycles. The predicted octanol–water partition coefficient (Wildman–Crippen LogP) is 7.05. The first kappa shape index (κ1) is 28.3. The van der Waals surface area contributed by atoms with Crippen molar-refractivity contribution in [2.24, 2.45) is 0 Å². The van der Waals surface area contributed by atoms with Crippen LogP contribution in [0.4, 0.5) is 0 Å². The highest BCUT2D eigenvalue weighted by atomic mass is 16.5. The van der Waals surface area contributed by atoms with Gasteiger partial charge < -0.3 is 14.2 Å². The highest BCUT2D eigenvalue weighted by Crippen LogP contribution is 2.38. The molecule has 0 aromatic heterocycles. The van der Waals surface area contributed by atoms with Gasteiger partial charge in [-0.1, -0.05) is 56.1 Å². The number of ether oxygens (including phenoxy) is 3.